The molecule has 1 aromatic heterocycles. The molecule has 1 rings (SSSR count). The van der Waals surface area contributed by atoms with Crippen LogP contribution < -0.4 is 0 Å². The van der Waals surface area contributed by atoms with Crippen LogP contribution in [0.4, 0.5) is 30.7 Å². The van der Waals surface area contributed by atoms with E-state index in [0.29, 0.717) is 0 Å². The molecule has 0 unspecified atom stereocenters. The molecule has 2 nitrogen and oxygen atoms in total. The Hall–Kier alpha value is -0.930. The smallest absolute Gasteiger partial charge is 0.201 e. The topological polar surface area (TPSA) is 17.8 Å². The van der Waals surface area contributed by atoms with E-state index in [1.54, 1.807) is 0 Å². The minimum absolute atomic E-state index is 1.03. The van der Waals surface area contributed by atoms with E-state index in [4.69, 9.17) is 0 Å². The molecule has 0 fully saturated rings. The first kappa shape index (κ1) is 12.1. The van der Waals surface area contributed by atoms with Gasteiger partial charge in [-0.25, -0.2) is 4.39 Å². The van der Waals surface area contributed by atoms with Crippen molar-refractivity contribution in [3.63, 3.8) is 0 Å². The molecule has 0 spiro atoms. The number of aromatic nitrogens is 2. The number of hydrogen-bond acceptors (Lipinski definition) is 2. The summed E-state index contributed by atoms with van der Waals surface area (Å²) in [7, 11) is 0. The minimum atomic E-state index is -5.21. The van der Waals surface area contributed by atoms with Gasteiger partial charge in [0, 0.05) is 11.8 Å². The molecule has 1 aromatic rings. The fourth-order valence-corrected chi connectivity index (χ4v) is 1.23. The van der Waals surface area contributed by atoms with Crippen LogP contribution in [0.25, 0.3) is 0 Å². The fourth-order valence-electron chi connectivity index (χ4n) is 0.650. The van der Waals surface area contributed by atoms with Crippen LogP contribution >= 0.6 is 11.8 Å². The van der Waals surface area contributed by atoms with E-state index >= 15 is 0 Å². The van der Waals surface area contributed by atoms with Gasteiger partial charge in [0.25, 0.3) is 0 Å². The number of nitrogens with zero attached hydrogens (tertiary/aromatic N) is 2. The van der Waals surface area contributed by atoms with Crippen LogP contribution in [0.5, 0.6) is 0 Å². The lowest BCUT2D eigenvalue weighted by molar-refractivity contribution is -0.218. The average Bonchev–Trinajstić information content (AvgIpc) is 2.28. The Labute approximate surface area is 82.1 Å². The third-order valence-electron chi connectivity index (χ3n) is 1.08. The number of alkyl halides is 6. The van der Waals surface area contributed by atoms with Crippen molar-refractivity contribution >= 4 is 11.8 Å². The van der Waals surface area contributed by atoms with Gasteiger partial charge in [-0.05, 0) is 0 Å². The summed E-state index contributed by atoms with van der Waals surface area (Å²) in [6.07, 6.45) is -4.04. The normalized spacial score (nSPS) is 13.3. The van der Waals surface area contributed by atoms with E-state index < -0.39 is 39.1 Å². The van der Waals surface area contributed by atoms with E-state index in [9.17, 15) is 30.7 Å². The molecule has 10 heteroatoms. The van der Waals surface area contributed by atoms with Crippen LogP contribution in [0.3, 0.4) is 0 Å². The van der Waals surface area contributed by atoms with Gasteiger partial charge in [-0.15, -0.1) is 13.2 Å². The van der Waals surface area contributed by atoms with Crippen molar-refractivity contribution in [2.45, 2.75) is 16.8 Å². The van der Waals surface area contributed by atoms with Gasteiger partial charge in [-0.3, -0.25) is 0 Å². The lowest BCUT2D eigenvalue weighted by Crippen LogP contribution is -2.20. The van der Waals surface area contributed by atoms with Gasteiger partial charge in [0.2, 0.25) is 0 Å². The van der Waals surface area contributed by atoms with Gasteiger partial charge in [0.1, 0.15) is 5.03 Å². The first-order valence-electron chi connectivity index (χ1n) is 3.10. The van der Waals surface area contributed by atoms with Crippen molar-refractivity contribution in [3.05, 3.63) is 12.0 Å². The largest absolute Gasteiger partial charge is 0.505 e. The predicted molar refractivity (Wildman–Crippen MR) is 34.2 cm³/mol. The van der Waals surface area contributed by atoms with Crippen LogP contribution in [0.1, 0.15) is 0 Å². The second kappa shape index (κ2) is 3.58. The number of halogens is 7. The van der Waals surface area contributed by atoms with Crippen molar-refractivity contribution in [1.82, 2.24) is 9.78 Å². The molecule has 0 saturated carbocycles. The van der Waals surface area contributed by atoms with Crippen molar-refractivity contribution in [3.8, 4) is 0 Å². The Morgan fingerprint density at radius 3 is 2.07 bits per heavy atom. The van der Waals surface area contributed by atoms with E-state index in [1.807, 2.05) is 0 Å². The second-order valence-corrected chi connectivity index (χ2v) is 3.21. The molecule has 1 radical (unpaired) electrons. The summed E-state index contributed by atoms with van der Waals surface area (Å²) >= 11 is -1.24. The molecule has 15 heavy (non-hydrogen) atoms. The van der Waals surface area contributed by atoms with Crippen LogP contribution in [0, 0.1) is 12.0 Å². The van der Waals surface area contributed by atoms with Crippen LogP contribution in [-0.4, -0.2) is 15.3 Å². The highest BCUT2D eigenvalue weighted by molar-refractivity contribution is 8.00. The molecule has 0 amide bonds. The van der Waals surface area contributed by atoms with Gasteiger partial charge in [0.05, 0.1) is 0 Å². The number of thioether (sulfide) groups is 1. The van der Waals surface area contributed by atoms with Gasteiger partial charge < -0.3 is 0 Å². The maximum atomic E-state index is 12.5. The minimum Gasteiger partial charge on any atom is -0.201 e. The van der Waals surface area contributed by atoms with Gasteiger partial charge >= 0.3 is 11.8 Å². The quantitative estimate of drug-likeness (QED) is 0.565. The Kier molecular flexibility index (Phi) is 2.90. The maximum absolute atomic E-state index is 12.5. The molecule has 0 N–H and O–H groups in total. The zero-order valence-electron chi connectivity index (χ0n) is 6.45. The van der Waals surface area contributed by atoms with E-state index in [1.165, 1.54) is 6.20 Å². The monoisotopic (exact) mass is 253 g/mol. The third-order valence-corrected chi connectivity index (χ3v) is 1.86. The van der Waals surface area contributed by atoms with Crippen molar-refractivity contribution < 1.29 is 30.7 Å². The predicted octanol–water partition coefficient (Wildman–Crippen LogP) is 2.91. The molecular formula is C5F7N2S. The lowest BCUT2D eigenvalue weighted by Gasteiger charge is -2.10. The molecule has 0 aliphatic heterocycles. The first-order valence-corrected chi connectivity index (χ1v) is 3.92. The summed E-state index contributed by atoms with van der Waals surface area (Å²) in [5, 5.41) is 0.657. The summed E-state index contributed by atoms with van der Waals surface area (Å²) in [4.78, 5) is 0. The van der Waals surface area contributed by atoms with Gasteiger partial charge in [0.15, 0.2) is 12.0 Å². The lowest BCUT2D eigenvalue weighted by atomic mass is 10.7. The molecule has 0 aliphatic rings. The zero-order valence-corrected chi connectivity index (χ0v) is 7.26. The molecular weight excluding hydrogens is 253 g/mol. The van der Waals surface area contributed by atoms with Gasteiger partial charge in [-0.2, -0.15) is 23.0 Å². The zero-order chi connectivity index (χ0) is 11.9. The molecule has 0 saturated heterocycles. The third kappa shape index (κ3) is 3.01. The maximum Gasteiger partial charge on any atom is 0.505 e. The van der Waals surface area contributed by atoms with E-state index in [-0.39, 0.29) is 0 Å². The van der Waals surface area contributed by atoms with E-state index in [0.717, 1.165) is 0 Å². The molecule has 0 atom stereocenters. The van der Waals surface area contributed by atoms with Crippen LogP contribution in [-0.2, 0) is 6.30 Å². The molecule has 1 heterocycles. The summed E-state index contributed by atoms with van der Waals surface area (Å²) in [6.45, 7) is 0. The summed E-state index contributed by atoms with van der Waals surface area (Å²) < 4.78 is 82.6. The van der Waals surface area contributed by atoms with Crippen LogP contribution in [0.2, 0.25) is 0 Å². The first-order chi connectivity index (χ1) is 6.61. The fraction of sp³-hybridized carbons (Fsp3) is 0.400. The highest BCUT2D eigenvalue weighted by Crippen LogP contribution is 2.40. The summed E-state index contributed by atoms with van der Waals surface area (Å²) in [6, 6.07) is 0. The van der Waals surface area contributed by atoms with Crippen LogP contribution in [0.15, 0.2) is 5.03 Å². The van der Waals surface area contributed by atoms with E-state index in [2.05, 4.69) is 5.10 Å². The highest BCUT2D eigenvalue weighted by Gasteiger charge is 2.41. The highest BCUT2D eigenvalue weighted by atomic mass is 32.2. The number of rotatable bonds is 1. The second-order valence-electron chi connectivity index (χ2n) is 2.16. The molecule has 0 aliphatic carbocycles. The number of hydrogen-bond donors (Lipinski definition) is 0. The Morgan fingerprint density at radius 2 is 1.67 bits per heavy atom. The Balaban J connectivity index is 3.11. The van der Waals surface area contributed by atoms with Crippen molar-refractivity contribution in [2.24, 2.45) is 0 Å². The molecule has 0 bridgehead atoms. The van der Waals surface area contributed by atoms with Crippen molar-refractivity contribution in [1.29, 1.82) is 0 Å². The summed E-state index contributed by atoms with van der Waals surface area (Å²) in [5.74, 6) is -1.80. The van der Waals surface area contributed by atoms with Gasteiger partial charge in [-0.1, -0.05) is 0 Å². The van der Waals surface area contributed by atoms with Crippen molar-refractivity contribution in [2.75, 3.05) is 0 Å². The average molecular weight is 253 g/mol. The SMILES string of the molecule is Fc1[c]nn(C(F)(F)F)c1SC(F)(F)F. The molecule has 85 valence electrons. The Bertz CT molecular complexity index is 351. The Morgan fingerprint density at radius 1 is 1.13 bits per heavy atom. The summed E-state index contributed by atoms with van der Waals surface area (Å²) in [5.41, 5.74) is -5.03. The molecule has 0 aromatic carbocycles. The standard InChI is InChI=1S/C5F7N2S/c6-2-1-13-14(4(7,8)9)3(2)15-5(10,11)12.